The molecule has 0 aliphatic carbocycles. The first-order chi connectivity index (χ1) is 9.69. The fourth-order valence-electron chi connectivity index (χ4n) is 2.73. The van der Waals surface area contributed by atoms with Crippen LogP contribution in [-0.2, 0) is 11.2 Å². The van der Waals surface area contributed by atoms with Crippen LogP contribution in [-0.4, -0.2) is 32.1 Å². The quantitative estimate of drug-likeness (QED) is 0.861. The molecule has 1 amide bonds. The molecule has 1 heterocycles. The molecule has 2 N–H and O–H groups in total. The number of piperidine rings is 1. The van der Waals surface area contributed by atoms with Gasteiger partial charge >= 0.3 is 0 Å². The molecule has 2 rings (SSSR count). The zero-order valence-electron chi connectivity index (χ0n) is 12.3. The summed E-state index contributed by atoms with van der Waals surface area (Å²) in [5.74, 6) is 1.47. The average molecular weight is 276 g/mol. The van der Waals surface area contributed by atoms with E-state index in [9.17, 15) is 4.79 Å². The van der Waals surface area contributed by atoms with Gasteiger partial charge in [0.2, 0.25) is 5.91 Å². The average Bonchev–Trinajstić information content (AvgIpc) is 2.48. The minimum Gasteiger partial charge on any atom is -0.497 e. The van der Waals surface area contributed by atoms with Crippen molar-refractivity contribution in [3.63, 3.8) is 0 Å². The van der Waals surface area contributed by atoms with E-state index in [1.807, 2.05) is 24.3 Å². The third kappa shape index (κ3) is 4.23. The molecule has 0 aromatic heterocycles. The van der Waals surface area contributed by atoms with Crippen LogP contribution < -0.4 is 15.4 Å². The molecule has 1 atom stereocenters. The summed E-state index contributed by atoms with van der Waals surface area (Å²) in [4.78, 5) is 12.1. The Balaban J connectivity index is 1.84. The lowest BCUT2D eigenvalue weighted by Crippen LogP contribution is -2.43. The first-order valence-electron chi connectivity index (χ1n) is 7.32. The number of amides is 1. The van der Waals surface area contributed by atoms with Crippen molar-refractivity contribution in [3.05, 3.63) is 29.8 Å². The molecule has 4 nitrogen and oxygen atoms in total. The van der Waals surface area contributed by atoms with Crippen molar-refractivity contribution in [3.8, 4) is 5.75 Å². The number of hydrogen-bond donors (Lipinski definition) is 2. The molecule has 0 radical (unpaired) electrons. The van der Waals surface area contributed by atoms with Gasteiger partial charge in [-0.1, -0.05) is 12.1 Å². The van der Waals surface area contributed by atoms with Gasteiger partial charge in [-0.05, 0) is 56.5 Å². The molecule has 1 aromatic carbocycles. The van der Waals surface area contributed by atoms with Crippen molar-refractivity contribution in [1.29, 1.82) is 0 Å². The normalized spacial score (nSPS) is 17.5. The van der Waals surface area contributed by atoms with Crippen LogP contribution in [0.2, 0.25) is 0 Å². The first-order valence-corrected chi connectivity index (χ1v) is 7.32. The van der Waals surface area contributed by atoms with Crippen LogP contribution in [0.3, 0.4) is 0 Å². The highest BCUT2D eigenvalue weighted by Crippen LogP contribution is 2.17. The Morgan fingerprint density at radius 2 is 2.20 bits per heavy atom. The maximum atomic E-state index is 12.1. The summed E-state index contributed by atoms with van der Waals surface area (Å²) in [6.45, 7) is 4.22. The number of benzene rings is 1. The predicted molar refractivity (Wildman–Crippen MR) is 79.9 cm³/mol. The second kappa shape index (κ2) is 7.29. The summed E-state index contributed by atoms with van der Waals surface area (Å²) >= 11 is 0. The van der Waals surface area contributed by atoms with Gasteiger partial charge in [0.05, 0.1) is 13.5 Å². The van der Waals surface area contributed by atoms with Crippen molar-refractivity contribution in [1.82, 2.24) is 10.6 Å². The summed E-state index contributed by atoms with van der Waals surface area (Å²) < 4.78 is 5.17. The monoisotopic (exact) mass is 276 g/mol. The topological polar surface area (TPSA) is 50.4 Å². The number of methoxy groups -OCH3 is 1. The van der Waals surface area contributed by atoms with Gasteiger partial charge in [0.25, 0.3) is 0 Å². The van der Waals surface area contributed by atoms with Gasteiger partial charge in [-0.3, -0.25) is 4.79 Å². The van der Waals surface area contributed by atoms with E-state index in [-0.39, 0.29) is 11.9 Å². The second-order valence-corrected chi connectivity index (χ2v) is 5.47. The van der Waals surface area contributed by atoms with Crippen LogP contribution in [0.15, 0.2) is 24.3 Å². The maximum absolute atomic E-state index is 12.1. The zero-order valence-corrected chi connectivity index (χ0v) is 12.3. The lowest BCUT2D eigenvalue weighted by molar-refractivity contribution is -0.121. The standard InChI is InChI=1S/C16H24N2O2/c1-12(14-6-8-17-9-7-14)18-16(19)11-13-4-3-5-15(10-13)20-2/h3-5,10,12,14,17H,6-9,11H2,1-2H3,(H,18,19). The van der Waals surface area contributed by atoms with E-state index in [1.165, 1.54) is 0 Å². The van der Waals surface area contributed by atoms with Crippen LogP contribution in [0.4, 0.5) is 0 Å². The first kappa shape index (κ1) is 14.9. The Kier molecular flexibility index (Phi) is 5.41. The molecule has 1 unspecified atom stereocenters. The number of rotatable bonds is 5. The van der Waals surface area contributed by atoms with Crippen molar-refractivity contribution in [2.45, 2.75) is 32.2 Å². The molecule has 1 aliphatic heterocycles. The predicted octanol–water partition coefficient (Wildman–Crippen LogP) is 1.74. The smallest absolute Gasteiger partial charge is 0.224 e. The zero-order chi connectivity index (χ0) is 14.4. The highest BCUT2D eigenvalue weighted by molar-refractivity contribution is 5.79. The lowest BCUT2D eigenvalue weighted by Gasteiger charge is -2.28. The van der Waals surface area contributed by atoms with E-state index in [0.717, 1.165) is 37.2 Å². The molecular formula is C16H24N2O2. The Morgan fingerprint density at radius 3 is 2.90 bits per heavy atom. The van der Waals surface area contributed by atoms with Crippen LogP contribution in [0, 0.1) is 5.92 Å². The fourth-order valence-corrected chi connectivity index (χ4v) is 2.73. The summed E-state index contributed by atoms with van der Waals surface area (Å²) in [5.41, 5.74) is 0.986. The third-order valence-electron chi connectivity index (χ3n) is 3.98. The molecule has 1 aliphatic rings. The fraction of sp³-hybridized carbons (Fsp3) is 0.562. The van der Waals surface area contributed by atoms with Gasteiger partial charge in [0, 0.05) is 6.04 Å². The van der Waals surface area contributed by atoms with E-state index in [1.54, 1.807) is 7.11 Å². The number of carbonyl (C=O) groups is 1. The largest absolute Gasteiger partial charge is 0.497 e. The molecule has 1 aromatic rings. The van der Waals surface area contributed by atoms with E-state index >= 15 is 0 Å². The van der Waals surface area contributed by atoms with Crippen molar-refractivity contribution in [2.24, 2.45) is 5.92 Å². The third-order valence-corrected chi connectivity index (χ3v) is 3.98. The van der Waals surface area contributed by atoms with E-state index in [2.05, 4.69) is 17.6 Å². The Morgan fingerprint density at radius 1 is 1.45 bits per heavy atom. The van der Waals surface area contributed by atoms with Gasteiger partial charge in [-0.2, -0.15) is 0 Å². The molecule has 0 bridgehead atoms. The molecule has 110 valence electrons. The minimum absolute atomic E-state index is 0.0873. The molecule has 20 heavy (non-hydrogen) atoms. The van der Waals surface area contributed by atoms with E-state index in [0.29, 0.717) is 12.3 Å². The van der Waals surface area contributed by atoms with Gasteiger partial charge in [0.1, 0.15) is 5.75 Å². The van der Waals surface area contributed by atoms with Crippen molar-refractivity contribution >= 4 is 5.91 Å². The summed E-state index contributed by atoms with van der Waals surface area (Å²) in [6.07, 6.45) is 2.69. The number of hydrogen-bond acceptors (Lipinski definition) is 3. The molecule has 1 fully saturated rings. The van der Waals surface area contributed by atoms with Gasteiger partial charge in [0.15, 0.2) is 0 Å². The van der Waals surface area contributed by atoms with Crippen LogP contribution >= 0.6 is 0 Å². The van der Waals surface area contributed by atoms with Crippen LogP contribution in [0.25, 0.3) is 0 Å². The molecule has 1 saturated heterocycles. The molecule has 0 saturated carbocycles. The van der Waals surface area contributed by atoms with Gasteiger partial charge < -0.3 is 15.4 Å². The Labute approximate surface area is 120 Å². The number of ether oxygens (including phenoxy) is 1. The van der Waals surface area contributed by atoms with Crippen LogP contribution in [0.5, 0.6) is 5.75 Å². The van der Waals surface area contributed by atoms with Crippen molar-refractivity contribution < 1.29 is 9.53 Å². The van der Waals surface area contributed by atoms with Gasteiger partial charge in [-0.25, -0.2) is 0 Å². The highest BCUT2D eigenvalue weighted by atomic mass is 16.5. The molecule has 0 spiro atoms. The Hall–Kier alpha value is -1.55. The molecular weight excluding hydrogens is 252 g/mol. The van der Waals surface area contributed by atoms with E-state index < -0.39 is 0 Å². The maximum Gasteiger partial charge on any atom is 0.224 e. The number of nitrogens with one attached hydrogen (secondary N) is 2. The Bertz CT molecular complexity index is 442. The highest BCUT2D eigenvalue weighted by Gasteiger charge is 2.21. The minimum atomic E-state index is 0.0873. The van der Waals surface area contributed by atoms with E-state index in [4.69, 9.17) is 4.74 Å². The summed E-state index contributed by atoms with van der Waals surface area (Å²) in [5, 5.41) is 6.48. The molecule has 4 heteroatoms. The lowest BCUT2D eigenvalue weighted by atomic mass is 9.91. The van der Waals surface area contributed by atoms with Crippen molar-refractivity contribution in [2.75, 3.05) is 20.2 Å². The number of carbonyl (C=O) groups excluding carboxylic acids is 1. The summed E-state index contributed by atoms with van der Waals surface area (Å²) in [6, 6.07) is 7.92. The summed E-state index contributed by atoms with van der Waals surface area (Å²) in [7, 11) is 1.64. The van der Waals surface area contributed by atoms with Gasteiger partial charge in [-0.15, -0.1) is 0 Å². The van der Waals surface area contributed by atoms with Crippen LogP contribution in [0.1, 0.15) is 25.3 Å². The second-order valence-electron chi connectivity index (χ2n) is 5.47. The SMILES string of the molecule is COc1cccc(CC(=O)NC(C)C2CCNCC2)c1.